The normalized spacial score (nSPS) is 19.8. The largest absolute Gasteiger partial charge is 0.497 e. The Morgan fingerprint density at radius 3 is 2.46 bits per heavy atom. The summed E-state index contributed by atoms with van der Waals surface area (Å²) in [6.07, 6.45) is 5.62. The number of amides is 1. The maximum absolute atomic E-state index is 13.7. The van der Waals surface area contributed by atoms with Gasteiger partial charge in [-0.15, -0.1) is 0 Å². The number of aromatic nitrogens is 2. The zero-order chi connectivity index (χ0) is 27.2. The summed E-state index contributed by atoms with van der Waals surface area (Å²) in [4.78, 5) is 26.6. The number of benzene rings is 1. The van der Waals surface area contributed by atoms with Gasteiger partial charge in [-0.2, -0.15) is 5.26 Å². The van der Waals surface area contributed by atoms with E-state index in [2.05, 4.69) is 33.1 Å². The minimum atomic E-state index is 0.00205. The Morgan fingerprint density at radius 2 is 1.82 bits per heavy atom. The van der Waals surface area contributed by atoms with E-state index >= 15 is 0 Å². The summed E-state index contributed by atoms with van der Waals surface area (Å²) in [6, 6.07) is 17.5. The van der Waals surface area contributed by atoms with Gasteiger partial charge in [-0.1, -0.05) is 23.7 Å². The molecule has 2 atom stereocenters. The van der Waals surface area contributed by atoms with Gasteiger partial charge in [0.2, 0.25) is 11.8 Å². The SMILES string of the molecule is COc1ccc(C2CN(C(=O)C3CCN(c4ccc(C#N)cn4)CC3)CCC2COc2ccc(Cl)cn2)cc1. The van der Waals surface area contributed by atoms with Gasteiger partial charge >= 0.3 is 0 Å². The molecule has 4 heterocycles. The lowest BCUT2D eigenvalue weighted by molar-refractivity contribution is -0.138. The van der Waals surface area contributed by atoms with E-state index in [0.29, 0.717) is 36.2 Å². The second-order valence-electron chi connectivity index (χ2n) is 10.1. The zero-order valence-corrected chi connectivity index (χ0v) is 22.8. The molecule has 0 radical (unpaired) electrons. The molecule has 39 heavy (non-hydrogen) atoms. The molecule has 8 nitrogen and oxygen atoms in total. The van der Waals surface area contributed by atoms with Crippen molar-refractivity contribution >= 4 is 23.3 Å². The summed E-state index contributed by atoms with van der Waals surface area (Å²) in [5, 5.41) is 9.59. The van der Waals surface area contributed by atoms with Crippen LogP contribution in [0.2, 0.25) is 5.02 Å². The Labute approximate surface area is 234 Å². The number of rotatable bonds is 7. The fourth-order valence-corrected chi connectivity index (χ4v) is 5.63. The number of piperidine rings is 2. The van der Waals surface area contributed by atoms with Crippen LogP contribution < -0.4 is 14.4 Å². The van der Waals surface area contributed by atoms with E-state index < -0.39 is 0 Å². The first kappa shape index (κ1) is 26.8. The number of pyridine rings is 2. The van der Waals surface area contributed by atoms with Crippen LogP contribution in [-0.2, 0) is 4.79 Å². The molecule has 2 aliphatic heterocycles. The lowest BCUT2D eigenvalue weighted by Crippen LogP contribution is -2.48. The number of halogens is 1. The van der Waals surface area contributed by atoms with E-state index in [4.69, 9.17) is 26.3 Å². The molecule has 2 saturated heterocycles. The average molecular weight is 546 g/mol. The molecule has 0 N–H and O–H groups in total. The van der Waals surface area contributed by atoms with E-state index in [1.54, 1.807) is 37.7 Å². The highest BCUT2D eigenvalue weighted by Gasteiger charge is 2.36. The van der Waals surface area contributed by atoms with E-state index in [1.165, 1.54) is 5.56 Å². The lowest BCUT2D eigenvalue weighted by Gasteiger charge is -2.41. The summed E-state index contributed by atoms with van der Waals surface area (Å²) < 4.78 is 11.4. The van der Waals surface area contributed by atoms with Crippen LogP contribution in [0.25, 0.3) is 0 Å². The predicted octanol–water partition coefficient (Wildman–Crippen LogP) is 4.94. The van der Waals surface area contributed by atoms with Gasteiger partial charge in [0, 0.05) is 62.4 Å². The highest BCUT2D eigenvalue weighted by atomic mass is 35.5. The number of methoxy groups -OCH3 is 1. The van der Waals surface area contributed by atoms with Crippen LogP contribution in [0.1, 0.15) is 36.3 Å². The Bertz CT molecular complexity index is 1290. The minimum absolute atomic E-state index is 0.00205. The number of ether oxygens (including phenoxy) is 2. The zero-order valence-electron chi connectivity index (χ0n) is 22.0. The van der Waals surface area contributed by atoms with Crippen molar-refractivity contribution in [1.29, 1.82) is 5.26 Å². The molecule has 2 fully saturated rings. The topological polar surface area (TPSA) is 91.6 Å². The highest BCUT2D eigenvalue weighted by Crippen LogP contribution is 2.35. The molecule has 2 aliphatic rings. The van der Waals surface area contributed by atoms with Crippen molar-refractivity contribution in [2.75, 3.05) is 44.8 Å². The molecule has 1 aromatic carbocycles. The molecule has 2 aromatic heterocycles. The van der Waals surface area contributed by atoms with Crippen molar-refractivity contribution in [3.05, 3.63) is 77.1 Å². The highest BCUT2D eigenvalue weighted by molar-refractivity contribution is 6.30. The molecule has 9 heteroatoms. The van der Waals surface area contributed by atoms with Crippen LogP contribution in [0.3, 0.4) is 0 Å². The fourth-order valence-electron chi connectivity index (χ4n) is 5.52. The molecule has 0 spiro atoms. The number of hydrogen-bond acceptors (Lipinski definition) is 7. The monoisotopic (exact) mass is 545 g/mol. The molecule has 5 rings (SSSR count). The number of carbonyl (C=O) groups is 1. The van der Waals surface area contributed by atoms with Crippen molar-refractivity contribution < 1.29 is 14.3 Å². The van der Waals surface area contributed by atoms with Gasteiger partial charge in [0.1, 0.15) is 17.6 Å². The number of nitrogens with zero attached hydrogens (tertiary/aromatic N) is 5. The molecule has 0 aliphatic carbocycles. The summed E-state index contributed by atoms with van der Waals surface area (Å²) in [7, 11) is 1.66. The third kappa shape index (κ3) is 6.43. The molecule has 0 saturated carbocycles. The van der Waals surface area contributed by atoms with E-state index in [9.17, 15) is 4.79 Å². The number of anilines is 1. The number of nitriles is 1. The molecule has 202 valence electrons. The number of likely N-dealkylation sites (tertiary alicyclic amines) is 1. The summed E-state index contributed by atoms with van der Waals surface area (Å²) >= 11 is 5.97. The van der Waals surface area contributed by atoms with Gasteiger partial charge in [0.15, 0.2) is 0 Å². The van der Waals surface area contributed by atoms with Crippen LogP contribution in [0.15, 0.2) is 60.9 Å². The molecule has 0 bridgehead atoms. The molecule has 2 unspecified atom stereocenters. The second-order valence-corrected chi connectivity index (χ2v) is 10.6. The Morgan fingerprint density at radius 1 is 1.03 bits per heavy atom. The van der Waals surface area contributed by atoms with Crippen molar-refractivity contribution in [3.63, 3.8) is 0 Å². The Balaban J connectivity index is 1.23. The average Bonchev–Trinajstić information content (AvgIpc) is 3.00. The molecular formula is C30H32ClN5O3. The second kappa shape index (κ2) is 12.4. The van der Waals surface area contributed by atoms with Crippen LogP contribution in [0.4, 0.5) is 5.82 Å². The Hall–Kier alpha value is -3.83. The van der Waals surface area contributed by atoms with Crippen LogP contribution in [0.5, 0.6) is 11.6 Å². The number of carbonyl (C=O) groups excluding carboxylic acids is 1. The first-order chi connectivity index (χ1) is 19.0. The first-order valence-electron chi connectivity index (χ1n) is 13.3. The summed E-state index contributed by atoms with van der Waals surface area (Å²) in [5.41, 5.74) is 1.72. The van der Waals surface area contributed by atoms with Crippen molar-refractivity contribution in [3.8, 4) is 17.7 Å². The Kier molecular flexibility index (Phi) is 8.48. The maximum Gasteiger partial charge on any atom is 0.225 e. The third-order valence-electron chi connectivity index (χ3n) is 7.80. The lowest BCUT2D eigenvalue weighted by atomic mass is 9.80. The number of hydrogen-bond donors (Lipinski definition) is 0. The van der Waals surface area contributed by atoms with Gasteiger partial charge in [-0.25, -0.2) is 9.97 Å². The van der Waals surface area contributed by atoms with Crippen LogP contribution in [0, 0.1) is 23.2 Å². The molecule has 1 amide bonds. The van der Waals surface area contributed by atoms with Gasteiger partial charge in [-0.05, 0) is 55.2 Å². The summed E-state index contributed by atoms with van der Waals surface area (Å²) in [6.45, 7) is 3.43. The standard InChI is InChI=1S/C30H32ClN5O3/c1-38-26-6-3-22(4-7-26)27-19-36(15-12-24(27)20-39-29-9-5-25(31)18-34-29)30(37)23-10-13-35(14-11-23)28-8-2-21(16-32)17-33-28/h2-9,17-18,23-24,27H,10-15,19-20H2,1H3. The molecule has 3 aromatic rings. The van der Waals surface area contributed by atoms with Gasteiger partial charge < -0.3 is 19.3 Å². The quantitative estimate of drug-likeness (QED) is 0.415. The first-order valence-corrected chi connectivity index (χ1v) is 13.7. The van der Waals surface area contributed by atoms with Gasteiger partial charge in [-0.3, -0.25) is 4.79 Å². The van der Waals surface area contributed by atoms with E-state index in [0.717, 1.165) is 43.9 Å². The van der Waals surface area contributed by atoms with Crippen LogP contribution in [-0.4, -0.2) is 60.7 Å². The third-order valence-corrected chi connectivity index (χ3v) is 8.03. The smallest absolute Gasteiger partial charge is 0.225 e. The van der Waals surface area contributed by atoms with Crippen molar-refractivity contribution in [1.82, 2.24) is 14.9 Å². The van der Waals surface area contributed by atoms with Crippen LogP contribution >= 0.6 is 11.6 Å². The maximum atomic E-state index is 13.7. The molecular weight excluding hydrogens is 514 g/mol. The predicted molar refractivity (Wildman–Crippen MR) is 149 cm³/mol. The summed E-state index contributed by atoms with van der Waals surface area (Å²) in [5.74, 6) is 2.84. The fraction of sp³-hybridized carbons (Fsp3) is 0.400. The van der Waals surface area contributed by atoms with Gasteiger partial charge in [0.05, 0.1) is 24.3 Å². The van der Waals surface area contributed by atoms with Crippen molar-refractivity contribution in [2.24, 2.45) is 11.8 Å². The van der Waals surface area contributed by atoms with E-state index in [1.807, 2.05) is 23.1 Å². The minimum Gasteiger partial charge on any atom is -0.497 e. The van der Waals surface area contributed by atoms with Crippen molar-refractivity contribution in [2.45, 2.75) is 25.2 Å². The van der Waals surface area contributed by atoms with Gasteiger partial charge in [0.25, 0.3) is 0 Å². The van der Waals surface area contributed by atoms with E-state index in [-0.39, 0.29) is 23.7 Å².